The SMILES string of the molecule is O=C(NCCO)C(c1ccccc1)N(Cc1ccc(Cl)cc1)C(=O)Cc1ccccc1. The first-order chi connectivity index (χ1) is 15.1. The van der Waals surface area contributed by atoms with Crippen LogP contribution in [0.5, 0.6) is 0 Å². The monoisotopic (exact) mass is 436 g/mol. The molecule has 160 valence electrons. The molecule has 0 aliphatic heterocycles. The number of hydrogen-bond acceptors (Lipinski definition) is 3. The van der Waals surface area contributed by atoms with Crippen LogP contribution < -0.4 is 5.32 Å². The first kappa shape index (κ1) is 22.5. The van der Waals surface area contributed by atoms with Crippen molar-refractivity contribution in [3.8, 4) is 0 Å². The molecule has 0 fully saturated rings. The van der Waals surface area contributed by atoms with Gasteiger partial charge in [0.25, 0.3) is 0 Å². The van der Waals surface area contributed by atoms with Crippen LogP contribution in [-0.4, -0.2) is 35.0 Å². The van der Waals surface area contributed by atoms with E-state index in [1.807, 2.05) is 72.8 Å². The van der Waals surface area contributed by atoms with Gasteiger partial charge in [-0.25, -0.2) is 0 Å². The minimum absolute atomic E-state index is 0.115. The summed E-state index contributed by atoms with van der Waals surface area (Å²) in [7, 11) is 0. The topological polar surface area (TPSA) is 69.6 Å². The van der Waals surface area contributed by atoms with Crippen molar-refractivity contribution >= 4 is 23.4 Å². The zero-order valence-electron chi connectivity index (χ0n) is 17.1. The van der Waals surface area contributed by atoms with Gasteiger partial charge in [0.2, 0.25) is 11.8 Å². The molecular weight excluding hydrogens is 412 g/mol. The third kappa shape index (κ3) is 6.41. The van der Waals surface area contributed by atoms with Crippen LogP contribution >= 0.6 is 11.6 Å². The number of halogens is 1. The van der Waals surface area contributed by atoms with E-state index < -0.39 is 6.04 Å². The third-order valence-electron chi connectivity index (χ3n) is 4.87. The Balaban J connectivity index is 1.97. The van der Waals surface area contributed by atoms with Crippen molar-refractivity contribution in [3.05, 3.63) is 107 Å². The van der Waals surface area contributed by atoms with Crippen molar-refractivity contribution in [2.45, 2.75) is 19.0 Å². The van der Waals surface area contributed by atoms with Crippen LogP contribution in [0.3, 0.4) is 0 Å². The van der Waals surface area contributed by atoms with E-state index in [1.54, 1.807) is 17.0 Å². The molecule has 3 aromatic carbocycles. The summed E-state index contributed by atoms with van der Waals surface area (Å²) >= 11 is 6.02. The number of aliphatic hydroxyl groups excluding tert-OH is 1. The molecule has 31 heavy (non-hydrogen) atoms. The van der Waals surface area contributed by atoms with Crippen LogP contribution in [0.1, 0.15) is 22.7 Å². The Hall–Kier alpha value is -3.15. The van der Waals surface area contributed by atoms with Crippen molar-refractivity contribution in [2.75, 3.05) is 13.2 Å². The molecule has 5 nitrogen and oxygen atoms in total. The standard InChI is InChI=1S/C25H25ClN2O3/c26-22-13-11-20(12-14-22)18-28(23(30)17-19-7-3-1-4-8-19)24(25(31)27-15-16-29)21-9-5-2-6-10-21/h1-14,24,29H,15-18H2,(H,27,31). The van der Waals surface area contributed by atoms with Gasteiger partial charge in [-0.2, -0.15) is 0 Å². The minimum Gasteiger partial charge on any atom is -0.395 e. The lowest BCUT2D eigenvalue weighted by Gasteiger charge is -2.32. The van der Waals surface area contributed by atoms with Gasteiger partial charge >= 0.3 is 0 Å². The molecule has 3 aromatic rings. The maximum Gasteiger partial charge on any atom is 0.247 e. The van der Waals surface area contributed by atoms with Gasteiger partial charge in [0.05, 0.1) is 13.0 Å². The number of carbonyl (C=O) groups is 2. The molecule has 2 N–H and O–H groups in total. The summed E-state index contributed by atoms with van der Waals surface area (Å²) < 4.78 is 0. The summed E-state index contributed by atoms with van der Waals surface area (Å²) in [6.07, 6.45) is 0.172. The van der Waals surface area contributed by atoms with Crippen LogP contribution in [0.2, 0.25) is 5.02 Å². The number of rotatable bonds is 9. The van der Waals surface area contributed by atoms with Gasteiger partial charge in [-0.1, -0.05) is 84.4 Å². The van der Waals surface area contributed by atoms with Crippen LogP contribution in [0.4, 0.5) is 0 Å². The molecule has 0 aromatic heterocycles. The Bertz CT molecular complexity index is 979. The fraction of sp³-hybridized carbons (Fsp3) is 0.200. The second kappa shape index (κ2) is 11.3. The average Bonchev–Trinajstić information content (AvgIpc) is 2.80. The normalized spacial score (nSPS) is 11.5. The summed E-state index contributed by atoms with van der Waals surface area (Å²) in [5, 5.41) is 12.5. The molecule has 0 bridgehead atoms. The molecule has 2 amide bonds. The Morgan fingerprint density at radius 3 is 2.10 bits per heavy atom. The average molecular weight is 437 g/mol. The van der Waals surface area contributed by atoms with Gasteiger partial charge in [-0.15, -0.1) is 0 Å². The molecule has 6 heteroatoms. The summed E-state index contributed by atoms with van der Waals surface area (Å²) in [5.74, 6) is -0.509. The van der Waals surface area contributed by atoms with E-state index >= 15 is 0 Å². The first-order valence-corrected chi connectivity index (χ1v) is 10.5. The van der Waals surface area contributed by atoms with Gasteiger partial charge in [0.1, 0.15) is 6.04 Å². The smallest absolute Gasteiger partial charge is 0.247 e. The highest BCUT2D eigenvalue weighted by Gasteiger charge is 2.31. The molecule has 0 spiro atoms. The van der Waals surface area contributed by atoms with E-state index in [2.05, 4.69) is 5.32 Å². The van der Waals surface area contributed by atoms with Crippen molar-refractivity contribution in [3.63, 3.8) is 0 Å². The maximum atomic E-state index is 13.4. The van der Waals surface area contributed by atoms with Gasteiger partial charge in [-0.05, 0) is 28.8 Å². The van der Waals surface area contributed by atoms with Crippen molar-refractivity contribution in [2.24, 2.45) is 0 Å². The quantitative estimate of drug-likeness (QED) is 0.536. The molecule has 1 atom stereocenters. The van der Waals surface area contributed by atoms with Crippen LogP contribution in [0, 0.1) is 0 Å². The van der Waals surface area contributed by atoms with Gasteiger partial charge in [-0.3, -0.25) is 9.59 Å². The van der Waals surface area contributed by atoms with Gasteiger partial charge in [0.15, 0.2) is 0 Å². The molecule has 0 aliphatic rings. The predicted molar refractivity (Wildman–Crippen MR) is 121 cm³/mol. The predicted octanol–water partition coefficient (Wildman–Crippen LogP) is 3.76. The number of carbonyl (C=O) groups excluding carboxylic acids is 2. The number of aliphatic hydroxyl groups is 1. The van der Waals surface area contributed by atoms with E-state index in [0.29, 0.717) is 10.6 Å². The molecule has 3 rings (SSSR count). The van der Waals surface area contributed by atoms with E-state index in [-0.39, 0.29) is 37.9 Å². The lowest BCUT2D eigenvalue weighted by molar-refractivity contribution is -0.141. The second-order valence-corrected chi connectivity index (χ2v) is 7.57. The summed E-state index contributed by atoms with van der Waals surface area (Å²) in [6, 6.07) is 25.0. The lowest BCUT2D eigenvalue weighted by Crippen LogP contribution is -2.44. The molecule has 0 saturated carbocycles. The molecule has 0 saturated heterocycles. The zero-order valence-corrected chi connectivity index (χ0v) is 17.8. The Morgan fingerprint density at radius 2 is 1.48 bits per heavy atom. The summed E-state index contributed by atoms with van der Waals surface area (Å²) in [5.41, 5.74) is 2.44. The third-order valence-corrected chi connectivity index (χ3v) is 5.12. The van der Waals surface area contributed by atoms with E-state index in [9.17, 15) is 9.59 Å². The van der Waals surface area contributed by atoms with Crippen LogP contribution in [0.25, 0.3) is 0 Å². The second-order valence-electron chi connectivity index (χ2n) is 7.14. The lowest BCUT2D eigenvalue weighted by atomic mass is 10.0. The summed E-state index contributed by atoms with van der Waals surface area (Å²) in [4.78, 5) is 28.1. The zero-order chi connectivity index (χ0) is 22.1. The molecule has 0 aliphatic carbocycles. The van der Waals surface area contributed by atoms with Crippen LogP contribution in [-0.2, 0) is 22.6 Å². The number of hydrogen-bond donors (Lipinski definition) is 2. The molecule has 0 heterocycles. The largest absolute Gasteiger partial charge is 0.395 e. The fourth-order valence-corrected chi connectivity index (χ4v) is 3.49. The number of benzene rings is 3. The molecular formula is C25H25ClN2O3. The first-order valence-electron chi connectivity index (χ1n) is 10.1. The number of nitrogens with one attached hydrogen (secondary N) is 1. The Kier molecular flexibility index (Phi) is 8.21. The van der Waals surface area contributed by atoms with E-state index in [0.717, 1.165) is 11.1 Å². The maximum absolute atomic E-state index is 13.4. The highest BCUT2D eigenvalue weighted by molar-refractivity contribution is 6.30. The Labute approximate surface area is 187 Å². The van der Waals surface area contributed by atoms with Crippen LogP contribution in [0.15, 0.2) is 84.9 Å². The number of amides is 2. The molecule has 1 unspecified atom stereocenters. The number of nitrogens with zero attached hydrogens (tertiary/aromatic N) is 1. The van der Waals surface area contributed by atoms with Gasteiger partial charge in [0, 0.05) is 18.1 Å². The van der Waals surface area contributed by atoms with Crippen molar-refractivity contribution in [1.29, 1.82) is 0 Å². The van der Waals surface area contributed by atoms with Crippen molar-refractivity contribution in [1.82, 2.24) is 10.2 Å². The highest BCUT2D eigenvalue weighted by Crippen LogP contribution is 2.25. The van der Waals surface area contributed by atoms with Gasteiger partial charge < -0.3 is 15.3 Å². The summed E-state index contributed by atoms with van der Waals surface area (Å²) in [6.45, 7) is 0.182. The van der Waals surface area contributed by atoms with Crippen molar-refractivity contribution < 1.29 is 14.7 Å². The molecule has 0 radical (unpaired) electrons. The highest BCUT2D eigenvalue weighted by atomic mass is 35.5. The van der Waals surface area contributed by atoms with E-state index in [4.69, 9.17) is 16.7 Å². The minimum atomic E-state index is -0.834. The Morgan fingerprint density at radius 1 is 0.871 bits per heavy atom. The van der Waals surface area contributed by atoms with E-state index in [1.165, 1.54) is 0 Å². The fourth-order valence-electron chi connectivity index (χ4n) is 3.37.